The Morgan fingerprint density at radius 1 is 1.21 bits per heavy atom. The van der Waals surface area contributed by atoms with Crippen molar-refractivity contribution in [2.75, 3.05) is 19.6 Å². The lowest BCUT2D eigenvalue weighted by molar-refractivity contribution is 0.237. The Morgan fingerprint density at radius 3 is 2.75 bits per heavy atom. The number of nitrogens with one attached hydrogen (secondary N) is 1. The molecule has 1 atom stereocenters. The number of halogens is 1. The van der Waals surface area contributed by atoms with Crippen LogP contribution in [0.2, 0.25) is 5.02 Å². The summed E-state index contributed by atoms with van der Waals surface area (Å²) in [6, 6.07) is 8.98. The summed E-state index contributed by atoms with van der Waals surface area (Å²) in [6.07, 6.45) is 4.91. The van der Waals surface area contributed by atoms with E-state index in [2.05, 4.69) is 37.9 Å². The van der Waals surface area contributed by atoms with Gasteiger partial charge in [-0.25, -0.2) is 4.68 Å². The van der Waals surface area contributed by atoms with Crippen LogP contribution in [0.4, 0.5) is 0 Å². The Morgan fingerprint density at radius 2 is 2.00 bits per heavy atom. The molecule has 1 aliphatic carbocycles. The van der Waals surface area contributed by atoms with Crippen LogP contribution in [0, 0.1) is 0 Å². The number of hydrogen-bond acceptors (Lipinski definition) is 5. The molecule has 0 bridgehead atoms. The van der Waals surface area contributed by atoms with Gasteiger partial charge >= 0.3 is 0 Å². The third-order valence-corrected chi connectivity index (χ3v) is 5.26. The highest BCUT2D eigenvalue weighted by Crippen LogP contribution is 2.34. The molecule has 2 fully saturated rings. The van der Waals surface area contributed by atoms with E-state index in [1.807, 2.05) is 16.8 Å². The molecule has 0 radical (unpaired) electrons. The monoisotopic (exact) mass is 346 g/mol. The Labute approximate surface area is 147 Å². The molecule has 1 saturated carbocycles. The first-order valence-corrected chi connectivity index (χ1v) is 9.16. The van der Waals surface area contributed by atoms with Crippen LogP contribution < -0.4 is 5.32 Å². The first-order valence-electron chi connectivity index (χ1n) is 8.79. The number of benzene rings is 1. The molecule has 1 N–H and O–H groups in total. The standard InChI is InChI=1S/C17H23ClN6/c18-15-6-2-1-5-14(15)16(23-9-3-4-10-23)11-19-12-17-20-21-22-24(17)13-7-8-13/h1-2,5-6,13,16,19H,3-4,7-12H2/t16-/m1/s1. The van der Waals surface area contributed by atoms with E-state index in [-0.39, 0.29) is 0 Å². The summed E-state index contributed by atoms with van der Waals surface area (Å²) in [4.78, 5) is 2.53. The molecule has 0 amide bonds. The van der Waals surface area contributed by atoms with Crippen molar-refractivity contribution in [1.82, 2.24) is 30.4 Å². The van der Waals surface area contributed by atoms with E-state index < -0.39 is 0 Å². The van der Waals surface area contributed by atoms with Gasteiger partial charge in [-0.2, -0.15) is 0 Å². The van der Waals surface area contributed by atoms with Crippen molar-refractivity contribution in [3.05, 3.63) is 40.7 Å². The maximum absolute atomic E-state index is 6.46. The van der Waals surface area contributed by atoms with Gasteiger partial charge in [0.05, 0.1) is 12.6 Å². The predicted molar refractivity (Wildman–Crippen MR) is 92.8 cm³/mol. The van der Waals surface area contributed by atoms with E-state index in [1.165, 1.54) is 31.2 Å². The van der Waals surface area contributed by atoms with Crippen molar-refractivity contribution in [2.24, 2.45) is 0 Å². The number of hydrogen-bond donors (Lipinski definition) is 1. The lowest BCUT2D eigenvalue weighted by Crippen LogP contribution is -2.34. The fraction of sp³-hybridized carbons (Fsp3) is 0.588. The smallest absolute Gasteiger partial charge is 0.165 e. The molecule has 1 aliphatic heterocycles. The average Bonchev–Trinajstić information content (AvgIpc) is 3.10. The summed E-state index contributed by atoms with van der Waals surface area (Å²) in [5, 5.41) is 16.5. The van der Waals surface area contributed by atoms with Crippen LogP contribution in [-0.4, -0.2) is 44.7 Å². The molecule has 128 valence electrons. The second-order valence-electron chi connectivity index (χ2n) is 6.68. The maximum Gasteiger partial charge on any atom is 0.165 e. The highest BCUT2D eigenvalue weighted by molar-refractivity contribution is 6.31. The topological polar surface area (TPSA) is 58.9 Å². The minimum absolute atomic E-state index is 0.298. The fourth-order valence-electron chi connectivity index (χ4n) is 3.49. The molecular weight excluding hydrogens is 324 g/mol. The summed E-state index contributed by atoms with van der Waals surface area (Å²) in [7, 11) is 0. The van der Waals surface area contributed by atoms with Crippen LogP contribution >= 0.6 is 11.6 Å². The summed E-state index contributed by atoms with van der Waals surface area (Å²) < 4.78 is 1.97. The van der Waals surface area contributed by atoms with Gasteiger partial charge in [0, 0.05) is 17.6 Å². The van der Waals surface area contributed by atoms with E-state index in [0.29, 0.717) is 18.6 Å². The normalized spacial score (nSPS) is 19.7. The molecule has 6 nitrogen and oxygen atoms in total. The number of nitrogens with zero attached hydrogens (tertiary/aromatic N) is 5. The Bertz CT molecular complexity index is 677. The Balaban J connectivity index is 1.44. The van der Waals surface area contributed by atoms with Crippen molar-refractivity contribution in [3.63, 3.8) is 0 Å². The van der Waals surface area contributed by atoms with E-state index in [0.717, 1.165) is 30.5 Å². The minimum Gasteiger partial charge on any atom is -0.308 e. The molecule has 24 heavy (non-hydrogen) atoms. The number of likely N-dealkylation sites (tertiary alicyclic amines) is 1. The van der Waals surface area contributed by atoms with Crippen molar-refractivity contribution in [2.45, 2.75) is 44.3 Å². The van der Waals surface area contributed by atoms with Crippen molar-refractivity contribution < 1.29 is 0 Å². The Hall–Kier alpha value is -1.50. The molecule has 1 aromatic heterocycles. The predicted octanol–water partition coefficient (Wildman–Crippen LogP) is 2.59. The molecule has 2 heterocycles. The van der Waals surface area contributed by atoms with Crippen molar-refractivity contribution in [1.29, 1.82) is 0 Å². The first-order chi connectivity index (χ1) is 11.8. The van der Waals surface area contributed by atoms with E-state index >= 15 is 0 Å². The fourth-order valence-corrected chi connectivity index (χ4v) is 3.75. The van der Waals surface area contributed by atoms with Gasteiger partial charge in [0.1, 0.15) is 0 Å². The van der Waals surface area contributed by atoms with Crippen LogP contribution in [0.15, 0.2) is 24.3 Å². The van der Waals surface area contributed by atoms with E-state index in [9.17, 15) is 0 Å². The summed E-state index contributed by atoms with van der Waals surface area (Å²) in [6.45, 7) is 3.81. The van der Waals surface area contributed by atoms with Crippen LogP contribution in [0.5, 0.6) is 0 Å². The molecule has 2 aliphatic rings. The molecule has 1 aromatic carbocycles. The second-order valence-corrected chi connectivity index (χ2v) is 7.09. The SMILES string of the molecule is Clc1ccccc1[C@@H](CNCc1nnnn1C1CC1)N1CCCC1. The maximum atomic E-state index is 6.46. The highest BCUT2D eigenvalue weighted by Gasteiger charge is 2.28. The number of tetrazole rings is 1. The molecule has 1 saturated heterocycles. The van der Waals surface area contributed by atoms with Crippen molar-refractivity contribution >= 4 is 11.6 Å². The van der Waals surface area contributed by atoms with Gasteiger partial charge in [0.25, 0.3) is 0 Å². The average molecular weight is 347 g/mol. The van der Waals surface area contributed by atoms with Gasteiger partial charge in [-0.1, -0.05) is 29.8 Å². The van der Waals surface area contributed by atoms with Crippen molar-refractivity contribution in [3.8, 4) is 0 Å². The summed E-state index contributed by atoms with van der Waals surface area (Å²) in [5.41, 5.74) is 1.20. The van der Waals surface area contributed by atoms with E-state index in [1.54, 1.807) is 0 Å². The van der Waals surface area contributed by atoms with Crippen LogP contribution in [0.25, 0.3) is 0 Å². The zero-order valence-electron chi connectivity index (χ0n) is 13.7. The zero-order chi connectivity index (χ0) is 16.4. The van der Waals surface area contributed by atoms with Gasteiger partial charge in [-0.15, -0.1) is 5.10 Å². The molecule has 0 unspecified atom stereocenters. The lowest BCUT2D eigenvalue weighted by atomic mass is 10.1. The first kappa shape index (κ1) is 16.0. The number of aromatic nitrogens is 4. The largest absolute Gasteiger partial charge is 0.308 e. The third-order valence-electron chi connectivity index (χ3n) is 4.92. The van der Waals surface area contributed by atoms with Gasteiger partial charge in [-0.05, 0) is 60.8 Å². The highest BCUT2D eigenvalue weighted by atomic mass is 35.5. The van der Waals surface area contributed by atoms with Gasteiger partial charge in [0.15, 0.2) is 5.82 Å². The molecule has 0 spiro atoms. The summed E-state index contributed by atoms with van der Waals surface area (Å²) in [5.74, 6) is 0.928. The quantitative estimate of drug-likeness (QED) is 0.835. The van der Waals surface area contributed by atoms with Crippen LogP contribution in [0.3, 0.4) is 0 Å². The summed E-state index contributed by atoms with van der Waals surface area (Å²) >= 11 is 6.46. The van der Waals surface area contributed by atoms with Gasteiger partial charge in [-0.3, -0.25) is 4.90 Å². The lowest BCUT2D eigenvalue weighted by Gasteiger charge is -2.29. The second kappa shape index (κ2) is 7.17. The van der Waals surface area contributed by atoms with Gasteiger partial charge < -0.3 is 5.32 Å². The molecule has 2 aromatic rings. The van der Waals surface area contributed by atoms with Crippen LogP contribution in [-0.2, 0) is 6.54 Å². The minimum atomic E-state index is 0.298. The number of rotatable bonds is 7. The molecule has 7 heteroatoms. The third kappa shape index (κ3) is 3.45. The Kier molecular flexibility index (Phi) is 4.78. The van der Waals surface area contributed by atoms with Crippen LogP contribution in [0.1, 0.15) is 49.2 Å². The molecule has 4 rings (SSSR count). The zero-order valence-corrected chi connectivity index (χ0v) is 14.5. The van der Waals surface area contributed by atoms with Gasteiger partial charge in [0.2, 0.25) is 0 Å². The van der Waals surface area contributed by atoms with E-state index in [4.69, 9.17) is 11.6 Å². The molecular formula is C17H23ClN6.